The molecule has 90 valence electrons. The first-order valence-electron chi connectivity index (χ1n) is 7.11. The van der Waals surface area contributed by atoms with E-state index in [1.54, 1.807) is 0 Å². The summed E-state index contributed by atoms with van der Waals surface area (Å²) in [4.78, 5) is 0. The Morgan fingerprint density at radius 3 is 2.33 bits per heavy atom. The van der Waals surface area contributed by atoms with Gasteiger partial charge in [0.05, 0.1) is 0 Å². The van der Waals surface area contributed by atoms with Crippen molar-refractivity contribution in [2.45, 2.75) is 77.7 Å². The zero-order valence-electron chi connectivity index (χ0n) is 10.7. The van der Waals surface area contributed by atoms with Gasteiger partial charge in [0.1, 0.15) is 0 Å². The summed E-state index contributed by atoms with van der Waals surface area (Å²) in [6.07, 6.45) is 12.8. The molecule has 0 aliphatic heterocycles. The van der Waals surface area contributed by atoms with Gasteiger partial charge in [0.2, 0.25) is 0 Å². The van der Waals surface area contributed by atoms with Crippen molar-refractivity contribution in [1.29, 1.82) is 0 Å². The summed E-state index contributed by atoms with van der Waals surface area (Å²) in [5, 5.41) is 3.72. The van der Waals surface area contributed by atoms with E-state index in [-0.39, 0.29) is 0 Å². The van der Waals surface area contributed by atoms with Gasteiger partial charge in [0, 0.05) is 6.04 Å². The zero-order valence-corrected chi connectivity index (χ0v) is 10.7. The van der Waals surface area contributed by atoms with Crippen LogP contribution < -0.4 is 5.32 Å². The fraction of sp³-hybridized carbons (Fsp3) is 1.00. The Hall–Kier alpha value is -0.0400. The molecule has 0 amide bonds. The molecule has 1 unspecified atom stereocenters. The maximum atomic E-state index is 3.72. The highest BCUT2D eigenvalue weighted by molar-refractivity contribution is 4.86. The van der Waals surface area contributed by atoms with Crippen LogP contribution in [0.2, 0.25) is 0 Å². The van der Waals surface area contributed by atoms with Crippen molar-refractivity contribution in [1.82, 2.24) is 5.32 Å². The maximum absolute atomic E-state index is 3.72. The third-order valence-corrected chi connectivity index (χ3v) is 3.47. The van der Waals surface area contributed by atoms with Gasteiger partial charge in [-0.05, 0) is 38.1 Å². The Bertz CT molecular complexity index is 140. The predicted octanol–water partition coefficient (Wildman–Crippen LogP) is 4.13. The first kappa shape index (κ1) is 13.0. The van der Waals surface area contributed by atoms with E-state index >= 15 is 0 Å². The molecule has 1 heteroatoms. The van der Waals surface area contributed by atoms with Crippen LogP contribution in [0.15, 0.2) is 0 Å². The van der Waals surface area contributed by atoms with Gasteiger partial charge in [-0.1, -0.05) is 46.0 Å². The smallest absolute Gasteiger partial charge is 0.00953 e. The summed E-state index contributed by atoms with van der Waals surface area (Å²) in [5.74, 6) is 1.03. The summed E-state index contributed by atoms with van der Waals surface area (Å²) in [6, 6.07) is 0.853. The highest BCUT2D eigenvalue weighted by Gasteiger charge is 2.29. The lowest BCUT2D eigenvalue weighted by atomic mass is 10.0. The maximum Gasteiger partial charge on any atom is 0.00953 e. The second-order valence-corrected chi connectivity index (χ2v) is 5.10. The molecule has 1 aliphatic rings. The Morgan fingerprint density at radius 2 is 1.73 bits per heavy atom. The van der Waals surface area contributed by atoms with Crippen LogP contribution in [-0.4, -0.2) is 12.6 Å². The van der Waals surface area contributed by atoms with Crippen LogP contribution in [0.25, 0.3) is 0 Å². The molecule has 1 rings (SSSR count). The number of nitrogens with one attached hydrogen (secondary N) is 1. The van der Waals surface area contributed by atoms with Crippen LogP contribution in [0.5, 0.6) is 0 Å². The fourth-order valence-electron chi connectivity index (χ4n) is 2.30. The SMILES string of the molecule is CCCCCCCC(NCCC)C1CC1. The third-order valence-electron chi connectivity index (χ3n) is 3.47. The van der Waals surface area contributed by atoms with E-state index in [0.29, 0.717) is 0 Å². The van der Waals surface area contributed by atoms with Crippen LogP contribution in [0, 0.1) is 5.92 Å². The molecule has 0 saturated heterocycles. The highest BCUT2D eigenvalue weighted by atomic mass is 14.9. The molecule has 1 atom stereocenters. The number of unbranched alkanes of at least 4 members (excludes halogenated alkanes) is 4. The third kappa shape index (κ3) is 6.19. The molecular weight excluding hydrogens is 182 g/mol. The Balaban J connectivity index is 1.98. The van der Waals surface area contributed by atoms with E-state index < -0.39 is 0 Å². The standard InChI is InChI=1S/C14H29N/c1-3-5-6-7-8-9-14(13-10-11-13)15-12-4-2/h13-15H,3-12H2,1-2H3. The van der Waals surface area contributed by atoms with Gasteiger partial charge in [-0.2, -0.15) is 0 Å². The second kappa shape index (κ2) is 8.15. The highest BCUT2D eigenvalue weighted by Crippen LogP contribution is 2.34. The van der Waals surface area contributed by atoms with E-state index in [9.17, 15) is 0 Å². The van der Waals surface area contributed by atoms with Gasteiger partial charge < -0.3 is 5.32 Å². The minimum absolute atomic E-state index is 0.853. The molecule has 0 aromatic carbocycles. The minimum atomic E-state index is 0.853. The molecule has 0 aromatic rings. The molecule has 15 heavy (non-hydrogen) atoms. The van der Waals surface area contributed by atoms with E-state index in [1.807, 2.05) is 0 Å². The molecule has 1 saturated carbocycles. The van der Waals surface area contributed by atoms with Crippen molar-refractivity contribution in [3.63, 3.8) is 0 Å². The average Bonchev–Trinajstić information content (AvgIpc) is 3.06. The van der Waals surface area contributed by atoms with Crippen LogP contribution in [0.1, 0.15) is 71.6 Å². The molecule has 1 nitrogen and oxygen atoms in total. The normalized spacial score (nSPS) is 18.0. The van der Waals surface area contributed by atoms with Gasteiger partial charge in [0.15, 0.2) is 0 Å². The molecule has 0 aromatic heterocycles. The molecule has 0 bridgehead atoms. The summed E-state index contributed by atoms with van der Waals surface area (Å²) in [5.41, 5.74) is 0. The first-order valence-corrected chi connectivity index (χ1v) is 7.11. The summed E-state index contributed by atoms with van der Waals surface area (Å²) >= 11 is 0. The second-order valence-electron chi connectivity index (χ2n) is 5.10. The lowest BCUT2D eigenvalue weighted by molar-refractivity contribution is 0.415. The fourth-order valence-corrected chi connectivity index (χ4v) is 2.30. The van der Waals surface area contributed by atoms with Crippen molar-refractivity contribution >= 4 is 0 Å². The van der Waals surface area contributed by atoms with Gasteiger partial charge in [-0.3, -0.25) is 0 Å². The predicted molar refractivity (Wildman–Crippen MR) is 68.2 cm³/mol. The summed E-state index contributed by atoms with van der Waals surface area (Å²) < 4.78 is 0. The van der Waals surface area contributed by atoms with Crippen molar-refractivity contribution in [2.75, 3.05) is 6.54 Å². The van der Waals surface area contributed by atoms with Gasteiger partial charge >= 0.3 is 0 Å². The van der Waals surface area contributed by atoms with Crippen LogP contribution in [0.4, 0.5) is 0 Å². The average molecular weight is 211 g/mol. The number of hydrogen-bond acceptors (Lipinski definition) is 1. The molecule has 1 fully saturated rings. The topological polar surface area (TPSA) is 12.0 Å². The Kier molecular flexibility index (Phi) is 7.08. The van der Waals surface area contributed by atoms with Crippen molar-refractivity contribution in [3.05, 3.63) is 0 Å². The van der Waals surface area contributed by atoms with Crippen LogP contribution in [-0.2, 0) is 0 Å². The van der Waals surface area contributed by atoms with E-state index in [4.69, 9.17) is 0 Å². The Labute approximate surface area is 96.0 Å². The van der Waals surface area contributed by atoms with Crippen LogP contribution in [0.3, 0.4) is 0 Å². The first-order chi connectivity index (χ1) is 7.38. The van der Waals surface area contributed by atoms with Crippen LogP contribution >= 0.6 is 0 Å². The van der Waals surface area contributed by atoms with Gasteiger partial charge in [0.25, 0.3) is 0 Å². The lowest BCUT2D eigenvalue weighted by Crippen LogP contribution is -2.31. The monoisotopic (exact) mass is 211 g/mol. The quantitative estimate of drug-likeness (QED) is 0.536. The van der Waals surface area contributed by atoms with Gasteiger partial charge in [-0.25, -0.2) is 0 Å². The largest absolute Gasteiger partial charge is 0.314 e. The van der Waals surface area contributed by atoms with Crippen molar-refractivity contribution < 1.29 is 0 Å². The minimum Gasteiger partial charge on any atom is -0.314 e. The summed E-state index contributed by atoms with van der Waals surface area (Å²) in [6.45, 7) is 5.77. The zero-order chi connectivity index (χ0) is 10.9. The van der Waals surface area contributed by atoms with Crippen molar-refractivity contribution in [2.24, 2.45) is 5.92 Å². The van der Waals surface area contributed by atoms with E-state index in [1.165, 1.54) is 64.3 Å². The molecule has 0 radical (unpaired) electrons. The lowest BCUT2D eigenvalue weighted by Gasteiger charge is -2.17. The van der Waals surface area contributed by atoms with Gasteiger partial charge in [-0.15, -0.1) is 0 Å². The summed E-state index contributed by atoms with van der Waals surface area (Å²) in [7, 11) is 0. The molecule has 0 heterocycles. The molecule has 0 spiro atoms. The van der Waals surface area contributed by atoms with E-state index in [2.05, 4.69) is 19.2 Å². The van der Waals surface area contributed by atoms with E-state index in [0.717, 1.165) is 12.0 Å². The Morgan fingerprint density at radius 1 is 1.00 bits per heavy atom. The molecular formula is C14H29N. The molecule has 1 N–H and O–H groups in total. The molecule has 1 aliphatic carbocycles. The number of hydrogen-bond donors (Lipinski definition) is 1. The number of rotatable bonds is 10. The van der Waals surface area contributed by atoms with Crippen molar-refractivity contribution in [3.8, 4) is 0 Å².